The highest BCUT2D eigenvalue weighted by molar-refractivity contribution is 5.81. The van der Waals surface area contributed by atoms with Crippen molar-refractivity contribution in [2.24, 2.45) is 5.73 Å². The Morgan fingerprint density at radius 2 is 2.00 bits per heavy atom. The van der Waals surface area contributed by atoms with Crippen LogP contribution in [-0.2, 0) is 0 Å². The molecule has 0 aliphatic carbocycles. The fraction of sp³-hybridized carbons (Fsp3) is 0.0556. The van der Waals surface area contributed by atoms with E-state index >= 15 is 0 Å². The molecular formula is C18H14N8. The van der Waals surface area contributed by atoms with Crippen LogP contribution in [0.4, 0.5) is 0 Å². The first kappa shape index (κ1) is 14.7. The predicted molar refractivity (Wildman–Crippen MR) is 96.6 cm³/mol. The minimum Gasteiger partial charge on any atom is -0.316 e. The van der Waals surface area contributed by atoms with Gasteiger partial charge in [-0.1, -0.05) is 6.07 Å². The topological polar surface area (TPSA) is 111 Å². The van der Waals surface area contributed by atoms with Crippen LogP contribution < -0.4 is 5.73 Å². The van der Waals surface area contributed by atoms with Crippen LogP contribution >= 0.6 is 0 Å². The Hall–Kier alpha value is -3.65. The van der Waals surface area contributed by atoms with Crippen molar-refractivity contribution in [2.45, 2.75) is 6.04 Å². The summed E-state index contributed by atoms with van der Waals surface area (Å²) in [5, 5.41) is 8.08. The molecule has 8 heteroatoms. The standard InChI is InChI=1S/C18H14N8/c19-16(13-3-1-2-6-20-13)17-21-9-15-18(24-17)26(10-22-15)12-5-4-11-8-23-25-14(11)7-12/h1-10,16H,19H2,(H,23,25). The van der Waals surface area contributed by atoms with E-state index in [0.29, 0.717) is 17.0 Å². The lowest BCUT2D eigenvalue weighted by Gasteiger charge is -2.10. The molecule has 0 amide bonds. The van der Waals surface area contributed by atoms with Gasteiger partial charge in [0.2, 0.25) is 0 Å². The first-order chi connectivity index (χ1) is 12.8. The van der Waals surface area contributed by atoms with E-state index in [1.54, 1.807) is 24.9 Å². The van der Waals surface area contributed by atoms with Crippen molar-refractivity contribution in [2.75, 3.05) is 0 Å². The lowest BCUT2D eigenvalue weighted by molar-refractivity contribution is 0.758. The molecule has 0 radical (unpaired) electrons. The van der Waals surface area contributed by atoms with E-state index in [0.717, 1.165) is 22.3 Å². The van der Waals surface area contributed by atoms with E-state index < -0.39 is 6.04 Å². The Balaban J connectivity index is 1.63. The molecule has 1 atom stereocenters. The van der Waals surface area contributed by atoms with Crippen LogP contribution in [-0.4, -0.2) is 34.7 Å². The molecule has 0 aliphatic heterocycles. The first-order valence-electron chi connectivity index (χ1n) is 8.09. The van der Waals surface area contributed by atoms with Gasteiger partial charge in [-0.15, -0.1) is 0 Å². The largest absolute Gasteiger partial charge is 0.316 e. The van der Waals surface area contributed by atoms with E-state index in [1.165, 1.54) is 0 Å². The van der Waals surface area contributed by atoms with Gasteiger partial charge in [-0.2, -0.15) is 5.10 Å². The van der Waals surface area contributed by atoms with E-state index in [2.05, 4.69) is 30.1 Å². The van der Waals surface area contributed by atoms with Crippen molar-refractivity contribution < 1.29 is 0 Å². The average molecular weight is 342 g/mol. The summed E-state index contributed by atoms with van der Waals surface area (Å²) in [5.41, 5.74) is 10.3. The fourth-order valence-electron chi connectivity index (χ4n) is 2.93. The molecule has 0 spiro atoms. The van der Waals surface area contributed by atoms with Crippen LogP contribution in [0.25, 0.3) is 27.8 Å². The van der Waals surface area contributed by atoms with Crippen molar-refractivity contribution in [1.29, 1.82) is 0 Å². The van der Waals surface area contributed by atoms with Crippen LogP contribution in [0, 0.1) is 0 Å². The summed E-state index contributed by atoms with van der Waals surface area (Å²) in [6.45, 7) is 0. The van der Waals surface area contributed by atoms with Crippen LogP contribution in [0.5, 0.6) is 0 Å². The third kappa shape index (κ3) is 2.32. The Morgan fingerprint density at radius 1 is 1.04 bits per heavy atom. The van der Waals surface area contributed by atoms with E-state index in [1.807, 2.05) is 41.0 Å². The molecular weight excluding hydrogens is 328 g/mol. The second-order valence-corrected chi connectivity index (χ2v) is 5.93. The third-order valence-electron chi connectivity index (χ3n) is 4.30. The number of aromatic amines is 1. The quantitative estimate of drug-likeness (QED) is 0.519. The van der Waals surface area contributed by atoms with Crippen LogP contribution in [0.1, 0.15) is 17.6 Å². The number of fused-ring (bicyclic) bond motifs is 2. The molecule has 5 rings (SSSR count). The number of H-pyrrole nitrogens is 1. The van der Waals surface area contributed by atoms with Gasteiger partial charge in [-0.05, 0) is 30.3 Å². The first-order valence-corrected chi connectivity index (χ1v) is 8.09. The van der Waals surface area contributed by atoms with Gasteiger partial charge in [-0.25, -0.2) is 15.0 Å². The maximum atomic E-state index is 6.29. The highest BCUT2D eigenvalue weighted by Gasteiger charge is 2.16. The zero-order valence-electron chi connectivity index (χ0n) is 13.6. The number of nitrogens with zero attached hydrogens (tertiary/aromatic N) is 6. The Kier molecular flexibility index (Phi) is 3.22. The Bertz CT molecular complexity index is 1210. The minimum absolute atomic E-state index is 0.501. The van der Waals surface area contributed by atoms with Crippen molar-refractivity contribution >= 4 is 22.1 Å². The van der Waals surface area contributed by atoms with Gasteiger partial charge in [0.05, 0.1) is 29.3 Å². The van der Waals surface area contributed by atoms with Gasteiger partial charge in [-0.3, -0.25) is 14.6 Å². The number of nitrogens with two attached hydrogens (primary N) is 1. The SMILES string of the molecule is NC(c1ccccn1)c1ncc2ncn(-c3ccc4cn[nH]c4c3)c2n1. The maximum Gasteiger partial charge on any atom is 0.168 e. The molecule has 4 heterocycles. The summed E-state index contributed by atoms with van der Waals surface area (Å²) in [6, 6.07) is 11.1. The summed E-state index contributed by atoms with van der Waals surface area (Å²) in [5.74, 6) is 0.501. The number of pyridine rings is 1. The van der Waals surface area contributed by atoms with Crippen LogP contribution in [0.2, 0.25) is 0 Å². The summed E-state index contributed by atoms with van der Waals surface area (Å²) in [7, 11) is 0. The van der Waals surface area contributed by atoms with Crippen molar-refractivity contribution in [3.8, 4) is 5.69 Å². The molecule has 0 saturated carbocycles. The zero-order chi connectivity index (χ0) is 17.5. The normalized spacial score (nSPS) is 12.7. The van der Waals surface area contributed by atoms with Gasteiger partial charge < -0.3 is 5.73 Å². The Morgan fingerprint density at radius 3 is 2.88 bits per heavy atom. The van der Waals surface area contributed by atoms with E-state index in [-0.39, 0.29) is 0 Å². The molecule has 4 aromatic heterocycles. The summed E-state index contributed by atoms with van der Waals surface area (Å²) in [4.78, 5) is 17.7. The third-order valence-corrected chi connectivity index (χ3v) is 4.30. The number of nitrogens with one attached hydrogen (secondary N) is 1. The second kappa shape index (κ2) is 5.71. The number of imidazole rings is 1. The molecule has 0 bridgehead atoms. The minimum atomic E-state index is -0.501. The fourth-order valence-corrected chi connectivity index (χ4v) is 2.93. The van der Waals surface area contributed by atoms with Crippen molar-refractivity contribution in [3.05, 3.63) is 72.8 Å². The smallest absolute Gasteiger partial charge is 0.168 e. The predicted octanol–water partition coefficient (Wildman–Crippen LogP) is 2.13. The number of benzene rings is 1. The zero-order valence-corrected chi connectivity index (χ0v) is 13.6. The van der Waals surface area contributed by atoms with Gasteiger partial charge in [0.1, 0.15) is 17.9 Å². The Labute approximate surface area is 147 Å². The average Bonchev–Trinajstić information content (AvgIpc) is 3.33. The van der Waals surface area contributed by atoms with Gasteiger partial charge >= 0.3 is 0 Å². The van der Waals surface area contributed by atoms with Gasteiger partial charge in [0, 0.05) is 11.6 Å². The highest BCUT2D eigenvalue weighted by atomic mass is 15.1. The van der Waals surface area contributed by atoms with Crippen molar-refractivity contribution in [1.82, 2.24) is 34.7 Å². The van der Waals surface area contributed by atoms with Crippen LogP contribution in [0.3, 0.4) is 0 Å². The maximum absolute atomic E-state index is 6.29. The van der Waals surface area contributed by atoms with Crippen LogP contribution in [0.15, 0.2) is 61.3 Å². The molecule has 126 valence electrons. The molecule has 1 aromatic carbocycles. The highest BCUT2D eigenvalue weighted by Crippen LogP contribution is 2.21. The molecule has 1 unspecified atom stereocenters. The van der Waals surface area contributed by atoms with E-state index in [9.17, 15) is 0 Å². The van der Waals surface area contributed by atoms with Gasteiger partial charge in [0.15, 0.2) is 11.5 Å². The number of hydrogen-bond acceptors (Lipinski definition) is 6. The lowest BCUT2D eigenvalue weighted by Crippen LogP contribution is -2.17. The van der Waals surface area contributed by atoms with Crippen molar-refractivity contribution in [3.63, 3.8) is 0 Å². The lowest BCUT2D eigenvalue weighted by atomic mass is 10.2. The molecule has 26 heavy (non-hydrogen) atoms. The second-order valence-electron chi connectivity index (χ2n) is 5.93. The number of aromatic nitrogens is 7. The molecule has 8 nitrogen and oxygen atoms in total. The molecule has 5 aromatic rings. The number of hydrogen-bond donors (Lipinski definition) is 2. The summed E-state index contributed by atoms with van der Waals surface area (Å²) in [6.07, 6.45) is 6.91. The molecule has 0 fully saturated rings. The molecule has 0 saturated heterocycles. The monoisotopic (exact) mass is 342 g/mol. The van der Waals surface area contributed by atoms with Gasteiger partial charge in [0.25, 0.3) is 0 Å². The van der Waals surface area contributed by atoms with E-state index in [4.69, 9.17) is 5.73 Å². The molecule has 0 aliphatic rings. The number of rotatable bonds is 3. The summed E-state index contributed by atoms with van der Waals surface area (Å²) >= 11 is 0. The summed E-state index contributed by atoms with van der Waals surface area (Å²) < 4.78 is 1.91. The molecule has 3 N–H and O–H groups in total.